The minimum Gasteiger partial charge on any atom is -0.366 e. The van der Waals surface area contributed by atoms with Crippen molar-refractivity contribution in [1.29, 1.82) is 0 Å². The molecular weight excluding hydrogens is 258 g/mol. The maximum Gasteiger partial charge on any atom is 0.131 e. The molecule has 0 amide bonds. The van der Waals surface area contributed by atoms with E-state index in [0.29, 0.717) is 11.4 Å². The van der Waals surface area contributed by atoms with Crippen LogP contribution in [0.5, 0.6) is 0 Å². The van der Waals surface area contributed by atoms with Gasteiger partial charge in [-0.05, 0) is 24.3 Å². The number of hydrogen-bond donors (Lipinski definition) is 1. The Kier molecular flexibility index (Phi) is 3.29. The van der Waals surface area contributed by atoms with Crippen LogP contribution in [-0.4, -0.2) is 4.98 Å². The molecule has 0 atom stereocenters. The molecule has 0 aliphatic rings. The zero-order valence-electron chi connectivity index (χ0n) is 10.6. The second kappa shape index (κ2) is 5.25. The molecule has 1 N–H and O–H groups in total. The van der Waals surface area contributed by atoms with Crippen LogP contribution in [-0.2, 0) is 6.54 Å². The van der Waals surface area contributed by atoms with Crippen molar-refractivity contribution in [2.75, 3.05) is 5.32 Å². The van der Waals surface area contributed by atoms with Crippen molar-refractivity contribution in [3.63, 3.8) is 0 Å². The number of fused-ring (bicyclic) bond motifs is 1. The van der Waals surface area contributed by atoms with E-state index in [1.807, 2.05) is 36.4 Å². The summed E-state index contributed by atoms with van der Waals surface area (Å²) in [6.07, 6.45) is 0. The van der Waals surface area contributed by atoms with E-state index >= 15 is 0 Å². The fourth-order valence-electron chi connectivity index (χ4n) is 2.02. The summed E-state index contributed by atoms with van der Waals surface area (Å²) in [4.78, 5) is 4.43. The Labute approximate surface area is 115 Å². The average molecular weight is 270 g/mol. The second-order valence-corrected chi connectivity index (χ2v) is 4.48. The van der Waals surface area contributed by atoms with E-state index in [4.69, 9.17) is 0 Å². The highest BCUT2D eigenvalue weighted by molar-refractivity contribution is 5.80. The van der Waals surface area contributed by atoms with Gasteiger partial charge in [-0.15, -0.1) is 0 Å². The number of aromatic nitrogens is 1. The summed E-state index contributed by atoms with van der Waals surface area (Å²) in [6, 6.07) is 15.1. The number of pyridine rings is 1. The molecule has 0 fully saturated rings. The summed E-state index contributed by atoms with van der Waals surface area (Å²) in [5, 5.41) is 4.09. The number of hydrogen-bond acceptors (Lipinski definition) is 2. The third-order valence-corrected chi connectivity index (χ3v) is 3.07. The molecule has 4 heteroatoms. The Bertz CT molecular complexity index is 756. The molecule has 0 unspecified atom stereocenters. The molecule has 0 aliphatic heterocycles. The Morgan fingerprint density at radius 1 is 0.950 bits per heavy atom. The van der Waals surface area contributed by atoms with E-state index in [0.717, 1.165) is 17.0 Å². The lowest BCUT2D eigenvalue weighted by Crippen LogP contribution is -2.03. The van der Waals surface area contributed by atoms with Gasteiger partial charge < -0.3 is 5.32 Å². The van der Waals surface area contributed by atoms with Crippen LogP contribution in [0.4, 0.5) is 14.6 Å². The maximum absolute atomic E-state index is 13.5. The lowest BCUT2D eigenvalue weighted by molar-refractivity contribution is 0.574. The Hall–Kier alpha value is -2.49. The highest BCUT2D eigenvalue weighted by Crippen LogP contribution is 2.16. The van der Waals surface area contributed by atoms with Gasteiger partial charge in [-0.25, -0.2) is 13.8 Å². The highest BCUT2D eigenvalue weighted by Gasteiger charge is 2.04. The topological polar surface area (TPSA) is 24.9 Å². The first-order valence-corrected chi connectivity index (χ1v) is 6.26. The molecule has 0 bridgehead atoms. The molecule has 20 heavy (non-hydrogen) atoms. The van der Waals surface area contributed by atoms with Crippen molar-refractivity contribution < 1.29 is 8.78 Å². The number of para-hydroxylation sites is 1. The van der Waals surface area contributed by atoms with E-state index in [9.17, 15) is 8.78 Å². The molecular formula is C16H12F2N2. The van der Waals surface area contributed by atoms with Gasteiger partial charge in [0.25, 0.3) is 0 Å². The van der Waals surface area contributed by atoms with Gasteiger partial charge in [-0.3, -0.25) is 0 Å². The second-order valence-electron chi connectivity index (χ2n) is 4.48. The number of halogens is 2. The minimum absolute atomic E-state index is 0.261. The number of benzene rings is 2. The number of nitrogens with zero attached hydrogens (tertiary/aromatic N) is 1. The molecule has 3 aromatic rings. The molecule has 0 aliphatic carbocycles. The zero-order chi connectivity index (χ0) is 13.9. The van der Waals surface area contributed by atoms with E-state index in [2.05, 4.69) is 10.3 Å². The third kappa shape index (κ3) is 2.59. The molecule has 0 saturated heterocycles. The lowest BCUT2D eigenvalue weighted by Gasteiger charge is -2.07. The van der Waals surface area contributed by atoms with E-state index in [-0.39, 0.29) is 6.54 Å². The summed E-state index contributed by atoms with van der Waals surface area (Å²) >= 11 is 0. The van der Waals surface area contributed by atoms with Gasteiger partial charge in [-0.1, -0.05) is 24.3 Å². The Morgan fingerprint density at radius 2 is 1.80 bits per heavy atom. The molecule has 2 nitrogen and oxygen atoms in total. The molecule has 3 rings (SSSR count). The van der Waals surface area contributed by atoms with Gasteiger partial charge in [-0.2, -0.15) is 0 Å². The zero-order valence-corrected chi connectivity index (χ0v) is 10.6. The van der Waals surface area contributed by atoms with Crippen molar-refractivity contribution in [1.82, 2.24) is 4.98 Å². The normalized spacial score (nSPS) is 10.7. The van der Waals surface area contributed by atoms with Gasteiger partial charge in [0.2, 0.25) is 0 Å². The largest absolute Gasteiger partial charge is 0.366 e. The van der Waals surface area contributed by atoms with Gasteiger partial charge in [0, 0.05) is 23.6 Å². The lowest BCUT2D eigenvalue weighted by atomic mass is 10.2. The van der Waals surface area contributed by atoms with Crippen LogP contribution < -0.4 is 5.32 Å². The quantitative estimate of drug-likeness (QED) is 0.774. The van der Waals surface area contributed by atoms with E-state index in [1.54, 1.807) is 0 Å². The smallest absolute Gasteiger partial charge is 0.131 e. The van der Waals surface area contributed by atoms with Crippen LogP contribution in [0.25, 0.3) is 10.9 Å². The van der Waals surface area contributed by atoms with Gasteiger partial charge in [0.05, 0.1) is 5.52 Å². The third-order valence-electron chi connectivity index (χ3n) is 3.07. The summed E-state index contributed by atoms with van der Waals surface area (Å²) in [6.45, 7) is 0.261. The van der Waals surface area contributed by atoms with Crippen LogP contribution in [0.2, 0.25) is 0 Å². The Balaban J connectivity index is 1.79. The fraction of sp³-hybridized carbons (Fsp3) is 0.0625. The number of nitrogens with one attached hydrogen (secondary N) is 1. The number of anilines is 1. The van der Waals surface area contributed by atoms with Crippen molar-refractivity contribution in [3.8, 4) is 0 Å². The molecule has 100 valence electrons. The molecule has 2 aromatic carbocycles. The summed E-state index contributed by atoms with van der Waals surface area (Å²) in [5.41, 5.74) is 1.28. The predicted octanol–water partition coefficient (Wildman–Crippen LogP) is 4.13. The van der Waals surface area contributed by atoms with Crippen LogP contribution in [0.1, 0.15) is 5.56 Å². The first-order valence-electron chi connectivity index (χ1n) is 6.26. The molecule has 1 aromatic heterocycles. The van der Waals surface area contributed by atoms with Crippen LogP contribution in [0.15, 0.2) is 54.6 Å². The summed E-state index contributed by atoms with van der Waals surface area (Å²) in [5.74, 6) is -0.471. The van der Waals surface area contributed by atoms with Gasteiger partial charge >= 0.3 is 0 Å². The molecule has 0 saturated carbocycles. The predicted molar refractivity (Wildman–Crippen MR) is 75.4 cm³/mol. The van der Waals surface area contributed by atoms with Gasteiger partial charge in [0.15, 0.2) is 0 Å². The molecule has 1 heterocycles. The van der Waals surface area contributed by atoms with Crippen LogP contribution in [0.3, 0.4) is 0 Å². The minimum atomic E-state index is -0.574. The van der Waals surface area contributed by atoms with E-state index < -0.39 is 11.6 Å². The SMILES string of the molecule is Fc1ccc(CNc2ccc3ccccc3n2)c(F)c1. The molecule has 0 spiro atoms. The first-order chi connectivity index (χ1) is 9.72. The summed E-state index contributed by atoms with van der Waals surface area (Å²) in [7, 11) is 0. The fourth-order valence-corrected chi connectivity index (χ4v) is 2.02. The van der Waals surface area contributed by atoms with E-state index in [1.165, 1.54) is 12.1 Å². The Morgan fingerprint density at radius 3 is 2.65 bits per heavy atom. The standard InChI is InChI=1S/C16H12F2N2/c17-13-7-5-12(14(18)9-13)10-19-16-8-6-11-3-1-2-4-15(11)20-16/h1-9H,10H2,(H,19,20). The van der Waals surface area contributed by atoms with Crippen molar-refractivity contribution >= 4 is 16.7 Å². The highest BCUT2D eigenvalue weighted by atomic mass is 19.1. The van der Waals surface area contributed by atoms with Crippen LogP contribution in [0, 0.1) is 11.6 Å². The first kappa shape index (κ1) is 12.5. The molecule has 0 radical (unpaired) electrons. The van der Waals surface area contributed by atoms with Crippen molar-refractivity contribution in [2.24, 2.45) is 0 Å². The maximum atomic E-state index is 13.5. The van der Waals surface area contributed by atoms with Crippen molar-refractivity contribution in [2.45, 2.75) is 6.54 Å². The van der Waals surface area contributed by atoms with Crippen LogP contribution >= 0.6 is 0 Å². The monoisotopic (exact) mass is 270 g/mol. The average Bonchev–Trinajstić information content (AvgIpc) is 2.46. The summed E-state index contributed by atoms with van der Waals surface area (Å²) < 4.78 is 26.3. The van der Waals surface area contributed by atoms with Crippen molar-refractivity contribution in [3.05, 3.63) is 71.8 Å². The number of rotatable bonds is 3. The van der Waals surface area contributed by atoms with Gasteiger partial charge in [0.1, 0.15) is 17.5 Å².